The lowest BCUT2D eigenvalue weighted by Crippen LogP contribution is -2.18. The lowest BCUT2D eigenvalue weighted by atomic mass is 10.1. The minimum atomic E-state index is 0.448. The molecule has 0 radical (unpaired) electrons. The Kier molecular flexibility index (Phi) is 3.52. The SMILES string of the molecule is N#CN(C=O)CCc1ccccc1. The molecule has 0 spiro atoms. The van der Waals surface area contributed by atoms with Crippen LogP contribution in [0.15, 0.2) is 30.3 Å². The quantitative estimate of drug-likeness (QED) is 0.390. The molecule has 0 N–H and O–H groups in total. The van der Waals surface area contributed by atoms with Gasteiger partial charge in [0.05, 0.1) is 0 Å². The molecule has 0 saturated carbocycles. The molecule has 13 heavy (non-hydrogen) atoms. The average Bonchev–Trinajstić information content (AvgIpc) is 2.21. The fourth-order valence-electron chi connectivity index (χ4n) is 1.02. The summed E-state index contributed by atoms with van der Waals surface area (Å²) in [6.07, 6.45) is 3.05. The van der Waals surface area contributed by atoms with Gasteiger partial charge in [-0.15, -0.1) is 0 Å². The highest BCUT2D eigenvalue weighted by Gasteiger charge is 1.98. The van der Waals surface area contributed by atoms with Gasteiger partial charge in [0.15, 0.2) is 6.19 Å². The highest BCUT2D eigenvalue weighted by molar-refractivity contribution is 5.49. The Morgan fingerprint density at radius 1 is 1.38 bits per heavy atom. The summed E-state index contributed by atoms with van der Waals surface area (Å²) in [5, 5.41) is 8.45. The van der Waals surface area contributed by atoms with Crippen LogP contribution in [0.4, 0.5) is 0 Å². The van der Waals surface area contributed by atoms with Crippen LogP contribution in [0.25, 0.3) is 0 Å². The first-order valence-corrected chi connectivity index (χ1v) is 4.02. The fraction of sp³-hybridized carbons (Fsp3) is 0.200. The second-order valence-electron chi connectivity index (χ2n) is 2.63. The van der Waals surface area contributed by atoms with Crippen LogP contribution >= 0.6 is 0 Å². The molecular weight excluding hydrogens is 164 g/mol. The molecule has 0 aliphatic rings. The van der Waals surface area contributed by atoms with E-state index >= 15 is 0 Å². The van der Waals surface area contributed by atoms with Crippen LogP contribution in [0, 0.1) is 11.5 Å². The Balaban J connectivity index is 2.44. The van der Waals surface area contributed by atoms with Crippen molar-refractivity contribution >= 4 is 6.41 Å². The third-order valence-corrected chi connectivity index (χ3v) is 1.74. The number of carbonyl (C=O) groups is 1. The van der Waals surface area contributed by atoms with Crippen molar-refractivity contribution < 1.29 is 4.79 Å². The third kappa shape index (κ3) is 2.96. The summed E-state index contributed by atoms with van der Waals surface area (Å²) in [6.45, 7) is 0.448. The number of amides is 1. The standard InChI is InChI=1S/C10H10N2O/c11-8-12(9-13)7-6-10-4-2-1-3-5-10/h1-5,9H,6-7H2. The van der Waals surface area contributed by atoms with Gasteiger partial charge in [-0.25, -0.2) is 0 Å². The molecule has 66 valence electrons. The zero-order valence-corrected chi connectivity index (χ0v) is 7.18. The largest absolute Gasteiger partial charge is 0.278 e. The minimum Gasteiger partial charge on any atom is -0.278 e. The zero-order valence-electron chi connectivity index (χ0n) is 7.18. The fourth-order valence-corrected chi connectivity index (χ4v) is 1.02. The van der Waals surface area contributed by atoms with Crippen LogP contribution < -0.4 is 0 Å². The maximum absolute atomic E-state index is 10.3. The molecule has 1 aromatic carbocycles. The van der Waals surface area contributed by atoms with Crippen LogP contribution in [0.3, 0.4) is 0 Å². The van der Waals surface area contributed by atoms with Crippen molar-refractivity contribution in [3.8, 4) is 6.19 Å². The molecule has 0 unspecified atom stereocenters. The van der Waals surface area contributed by atoms with Gasteiger partial charge in [-0.3, -0.25) is 9.69 Å². The Bertz CT molecular complexity index is 302. The zero-order chi connectivity index (χ0) is 9.52. The summed E-state index contributed by atoms with van der Waals surface area (Å²) < 4.78 is 0. The summed E-state index contributed by atoms with van der Waals surface area (Å²) in [4.78, 5) is 11.3. The molecule has 0 aliphatic carbocycles. The topological polar surface area (TPSA) is 44.1 Å². The first-order chi connectivity index (χ1) is 6.36. The summed E-state index contributed by atoms with van der Waals surface area (Å²) in [6, 6.07) is 9.76. The molecule has 0 bridgehead atoms. The van der Waals surface area contributed by atoms with E-state index in [1.165, 1.54) is 0 Å². The lowest BCUT2D eigenvalue weighted by molar-refractivity contribution is -0.115. The number of carbonyl (C=O) groups excluding carboxylic acids is 1. The molecule has 0 aromatic heterocycles. The van der Waals surface area contributed by atoms with Crippen molar-refractivity contribution in [2.75, 3.05) is 6.54 Å². The first kappa shape index (κ1) is 9.27. The molecule has 3 heteroatoms. The number of hydrogen-bond acceptors (Lipinski definition) is 2. The maximum Gasteiger partial charge on any atom is 0.222 e. The molecule has 0 atom stereocenters. The lowest BCUT2D eigenvalue weighted by Gasteiger charge is -2.05. The number of rotatable bonds is 4. The molecule has 1 aromatic rings. The molecule has 0 aliphatic heterocycles. The van der Waals surface area contributed by atoms with Gasteiger partial charge in [-0.1, -0.05) is 30.3 Å². The molecule has 0 heterocycles. The van der Waals surface area contributed by atoms with Crippen LogP contribution in [0.2, 0.25) is 0 Å². The first-order valence-electron chi connectivity index (χ1n) is 4.02. The van der Waals surface area contributed by atoms with Crippen LogP contribution in [0.5, 0.6) is 0 Å². The number of benzene rings is 1. The average molecular weight is 174 g/mol. The van der Waals surface area contributed by atoms with Crippen molar-refractivity contribution in [2.24, 2.45) is 0 Å². The predicted octanol–water partition coefficient (Wildman–Crippen LogP) is 1.17. The minimum absolute atomic E-state index is 0.448. The van der Waals surface area contributed by atoms with Gasteiger partial charge < -0.3 is 0 Å². The predicted molar refractivity (Wildman–Crippen MR) is 48.5 cm³/mol. The van der Waals surface area contributed by atoms with Gasteiger partial charge >= 0.3 is 0 Å². The monoisotopic (exact) mass is 174 g/mol. The maximum atomic E-state index is 10.3. The van der Waals surface area contributed by atoms with Crippen molar-refractivity contribution in [2.45, 2.75) is 6.42 Å². The Morgan fingerprint density at radius 2 is 2.08 bits per heavy atom. The van der Waals surface area contributed by atoms with E-state index in [-0.39, 0.29) is 0 Å². The molecule has 1 amide bonds. The number of nitriles is 1. The van der Waals surface area contributed by atoms with Crippen LogP contribution in [-0.2, 0) is 11.2 Å². The Morgan fingerprint density at radius 3 is 2.62 bits per heavy atom. The third-order valence-electron chi connectivity index (χ3n) is 1.74. The van der Waals surface area contributed by atoms with E-state index in [2.05, 4.69) is 0 Å². The van der Waals surface area contributed by atoms with Gasteiger partial charge in [-0.2, -0.15) is 5.26 Å². The second-order valence-corrected chi connectivity index (χ2v) is 2.63. The van der Waals surface area contributed by atoms with Crippen molar-refractivity contribution in [1.29, 1.82) is 5.26 Å². The van der Waals surface area contributed by atoms with E-state index in [4.69, 9.17) is 5.26 Å². The van der Waals surface area contributed by atoms with E-state index in [1.54, 1.807) is 6.19 Å². The smallest absolute Gasteiger partial charge is 0.222 e. The van der Waals surface area contributed by atoms with Gasteiger partial charge in [-0.05, 0) is 12.0 Å². The molecule has 3 nitrogen and oxygen atoms in total. The normalized spacial score (nSPS) is 8.85. The summed E-state index contributed by atoms with van der Waals surface area (Å²) in [5.74, 6) is 0. The molecule has 1 rings (SSSR count). The summed E-state index contributed by atoms with van der Waals surface area (Å²) in [5.41, 5.74) is 1.13. The highest BCUT2D eigenvalue weighted by atomic mass is 16.1. The molecular formula is C10H10N2O. The van der Waals surface area contributed by atoms with E-state index in [0.29, 0.717) is 19.4 Å². The summed E-state index contributed by atoms with van der Waals surface area (Å²) in [7, 11) is 0. The van der Waals surface area contributed by atoms with Crippen LogP contribution in [0.1, 0.15) is 5.56 Å². The van der Waals surface area contributed by atoms with Gasteiger partial charge in [0.1, 0.15) is 0 Å². The van der Waals surface area contributed by atoms with Gasteiger partial charge in [0, 0.05) is 6.54 Å². The van der Waals surface area contributed by atoms with E-state index in [9.17, 15) is 4.79 Å². The van der Waals surface area contributed by atoms with Crippen molar-refractivity contribution in [1.82, 2.24) is 4.90 Å². The second kappa shape index (κ2) is 4.94. The highest BCUT2D eigenvalue weighted by Crippen LogP contribution is 1.99. The Labute approximate surface area is 77.2 Å². The Hall–Kier alpha value is -1.82. The van der Waals surface area contributed by atoms with Crippen molar-refractivity contribution in [3.63, 3.8) is 0 Å². The van der Waals surface area contributed by atoms with Gasteiger partial charge in [0.2, 0.25) is 6.41 Å². The number of hydrogen-bond donors (Lipinski definition) is 0. The van der Waals surface area contributed by atoms with Crippen molar-refractivity contribution in [3.05, 3.63) is 35.9 Å². The molecule has 0 saturated heterocycles. The van der Waals surface area contributed by atoms with E-state index in [0.717, 1.165) is 10.5 Å². The van der Waals surface area contributed by atoms with E-state index < -0.39 is 0 Å². The van der Waals surface area contributed by atoms with Gasteiger partial charge in [0.25, 0.3) is 0 Å². The molecule has 0 fully saturated rings. The van der Waals surface area contributed by atoms with Crippen LogP contribution in [-0.4, -0.2) is 17.9 Å². The van der Waals surface area contributed by atoms with E-state index in [1.807, 2.05) is 30.3 Å². The summed E-state index contributed by atoms with van der Waals surface area (Å²) >= 11 is 0. The number of nitrogens with zero attached hydrogens (tertiary/aromatic N) is 2.